The van der Waals surface area contributed by atoms with Crippen LogP contribution < -0.4 is 24.9 Å². The Hall–Kier alpha value is -4.28. The van der Waals surface area contributed by atoms with Crippen LogP contribution in [-0.2, 0) is 14.3 Å². The van der Waals surface area contributed by atoms with Gasteiger partial charge in [0.05, 0.1) is 22.4 Å². The molecule has 10 heteroatoms. The van der Waals surface area contributed by atoms with Gasteiger partial charge >= 0.3 is 5.97 Å². The number of esters is 1. The fourth-order valence-corrected chi connectivity index (χ4v) is 6.07. The number of allylic oxidation sites excluding steroid dienone is 1. The van der Waals surface area contributed by atoms with Gasteiger partial charge in [0.25, 0.3) is 11.5 Å². The fraction of sp³-hybridized carbons (Fsp3) is 0.172. The number of thiazole rings is 1. The van der Waals surface area contributed by atoms with Gasteiger partial charge in [-0.15, -0.1) is 11.3 Å². The van der Waals surface area contributed by atoms with E-state index in [1.807, 2.05) is 47.8 Å². The molecule has 1 atom stereocenters. The summed E-state index contributed by atoms with van der Waals surface area (Å²) in [6.07, 6.45) is 1.79. The summed E-state index contributed by atoms with van der Waals surface area (Å²) in [5.74, 6) is -0.215. The van der Waals surface area contributed by atoms with Gasteiger partial charge in [-0.1, -0.05) is 47.7 Å². The third-order valence-electron chi connectivity index (χ3n) is 5.95. The SMILES string of the molecule is CCOC(=O)COc1ccc(/C=c2/sc3n(c2=O)C(c2cccs2)C(C(=O)Nc2ccccc2)=C(C)N=3)cc1. The number of carbonyl (C=O) groups excluding carboxylic acids is 2. The monoisotopic (exact) mass is 559 g/mol. The molecule has 0 spiro atoms. The molecule has 1 aliphatic rings. The molecule has 198 valence electrons. The Morgan fingerprint density at radius 1 is 1.08 bits per heavy atom. The maximum absolute atomic E-state index is 13.7. The van der Waals surface area contributed by atoms with E-state index in [1.54, 1.807) is 48.8 Å². The van der Waals surface area contributed by atoms with E-state index < -0.39 is 12.0 Å². The van der Waals surface area contributed by atoms with Crippen molar-refractivity contribution < 1.29 is 19.1 Å². The Balaban J connectivity index is 1.48. The van der Waals surface area contributed by atoms with Gasteiger partial charge < -0.3 is 14.8 Å². The molecule has 0 fully saturated rings. The first-order valence-electron chi connectivity index (χ1n) is 12.3. The Labute approximate surface area is 232 Å². The molecule has 5 rings (SSSR count). The minimum absolute atomic E-state index is 0.173. The van der Waals surface area contributed by atoms with Crippen LogP contribution in [-0.4, -0.2) is 29.7 Å². The topological polar surface area (TPSA) is 99.0 Å². The highest BCUT2D eigenvalue weighted by molar-refractivity contribution is 7.10. The number of thiophene rings is 1. The smallest absolute Gasteiger partial charge is 0.344 e. The van der Waals surface area contributed by atoms with Crippen molar-refractivity contribution >= 4 is 46.3 Å². The summed E-state index contributed by atoms with van der Waals surface area (Å²) in [7, 11) is 0. The predicted molar refractivity (Wildman–Crippen MR) is 152 cm³/mol. The highest BCUT2D eigenvalue weighted by Crippen LogP contribution is 2.33. The predicted octanol–water partition coefficient (Wildman–Crippen LogP) is 3.88. The third-order valence-corrected chi connectivity index (χ3v) is 7.86. The number of amides is 1. The second-order valence-corrected chi connectivity index (χ2v) is 10.6. The normalized spacial score (nSPS) is 14.9. The minimum Gasteiger partial charge on any atom is -0.482 e. The molecule has 1 unspecified atom stereocenters. The van der Waals surface area contributed by atoms with Crippen molar-refractivity contribution in [1.82, 2.24) is 4.57 Å². The van der Waals surface area contributed by atoms with E-state index in [9.17, 15) is 14.4 Å². The number of rotatable bonds is 8. The van der Waals surface area contributed by atoms with Gasteiger partial charge in [0.2, 0.25) is 0 Å². The van der Waals surface area contributed by atoms with E-state index in [4.69, 9.17) is 9.47 Å². The number of hydrogen-bond acceptors (Lipinski definition) is 8. The molecule has 39 heavy (non-hydrogen) atoms. The number of aromatic nitrogens is 1. The Bertz CT molecular complexity index is 1700. The fourth-order valence-electron chi connectivity index (χ4n) is 4.20. The van der Waals surface area contributed by atoms with Crippen LogP contribution in [0.1, 0.15) is 30.3 Å². The number of fused-ring (bicyclic) bond motifs is 1. The zero-order valence-electron chi connectivity index (χ0n) is 21.2. The van der Waals surface area contributed by atoms with Crippen LogP contribution in [0, 0.1) is 0 Å². The first-order chi connectivity index (χ1) is 18.9. The maximum Gasteiger partial charge on any atom is 0.344 e. The molecule has 3 heterocycles. The zero-order valence-corrected chi connectivity index (χ0v) is 22.9. The maximum atomic E-state index is 13.7. The number of carbonyl (C=O) groups is 2. The molecule has 1 aliphatic heterocycles. The molecular weight excluding hydrogens is 534 g/mol. The molecule has 1 amide bonds. The molecule has 0 aliphatic carbocycles. The Morgan fingerprint density at radius 2 is 1.85 bits per heavy atom. The molecule has 0 saturated carbocycles. The molecule has 2 aromatic carbocycles. The van der Waals surface area contributed by atoms with Gasteiger partial charge in [-0.05, 0) is 61.2 Å². The molecule has 0 saturated heterocycles. The number of para-hydroxylation sites is 1. The summed E-state index contributed by atoms with van der Waals surface area (Å²) >= 11 is 2.77. The molecule has 4 aromatic rings. The first-order valence-corrected chi connectivity index (χ1v) is 13.9. The summed E-state index contributed by atoms with van der Waals surface area (Å²) in [5.41, 5.74) is 2.23. The third kappa shape index (κ3) is 5.76. The van der Waals surface area contributed by atoms with Crippen LogP contribution in [0.2, 0.25) is 0 Å². The van der Waals surface area contributed by atoms with E-state index in [2.05, 4.69) is 10.3 Å². The van der Waals surface area contributed by atoms with E-state index in [0.717, 1.165) is 10.4 Å². The lowest BCUT2D eigenvalue weighted by Crippen LogP contribution is -2.40. The zero-order chi connectivity index (χ0) is 27.4. The summed E-state index contributed by atoms with van der Waals surface area (Å²) in [6.45, 7) is 3.66. The number of benzene rings is 2. The Kier molecular flexibility index (Phi) is 7.85. The van der Waals surface area contributed by atoms with Gasteiger partial charge in [0.15, 0.2) is 11.4 Å². The minimum atomic E-state index is -0.592. The van der Waals surface area contributed by atoms with Crippen molar-refractivity contribution in [1.29, 1.82) is 0 Å². The van der Waals surface area contributed by atoms with Crippen LogP contribution >= 0.6 is 22.7 Å². The summed E-state index contributed by atoms with van der Waals surface area (Å²) in [4.78, 5) is 44.8. The van der Waals surface area contributed by atoms with Crippen molar-refractivity contribution in [3.8, 4) is 5.75 Å². The number of hydrogen-bond donors (Lipinski definition) is 1. The summed E-state index contributed by atoms with van der Waals surface area (Å²) in [5, 5.41) is 4.88. The van der Waals surface area contributed by atoms with Gasteiger partial charge in [-0.3, -0.25) is 14.2 Å². The summed E-state index contributed by atoms with van der Waals surface area (Å²) in [6, 6.07) is 19.5. The Morgan fingerprint density at radius 3 is 2.54 bits per heavy atom. The molecule has 8 nitrogen and oxygen atoms in total. The van der Waals surface area contributed by atoms with Crippen molar-refractivity contribution in [3.05, 3.63) is 114 Å². The van der Waals surface area contributed by atoms with E-state index in [-0.39, 0.29) is 18.1 Å². The second kappa shape index (κ2) is 11.6. The second-order valence-electron chi connectivity index (χ2n) is 8.58. The van der Waals surface area contributed by atoms with Gasteiger partial charge in [-0.2, -0.15) is 0 Å². The number of ether oxygens (including phenoxy) is 2. The first kappa shape index (κ1) is 26.3. The van der Waals surface area contributed by atoms with Gasteiger partial charge in [0, 0.05) is 10.6 Å². The van der Waals surface area contributed by atoms with Gasteiger partial charge in [-0.25, -0.2) is 9.79 Å². The molecule has 0 radical (unpaired) electrons. The van der Waals surface area contributed by atoms with Gasteiger partial charge in [0.1, 0.15) is 11.8 Å². The molecular formula is C29H25N3O5S2. The van der Waals surface area contributed by atoms with E-state index >= 15 is 0 Å². The van der Waals surface area contributed by atoms with Crippen LogP contribution in [0.4, 0.5) is 5.69 Å². The number of anilines is 1. The lowest BCUT2D eigenvalue weighted by atomic mass is 10.0. The largest absolute Gasteiger partial charge is 0.482 e. The average Bonchev–Trinajstić information content (AvgIpc) is 3.57. The van der Waals surface area contributed by atoms with Crippen LogP contribution in [0.15, 0.2) is 93.2 Å². The molecule has 1 N–H and O–H groups in total. The lowest BCUT2D eigenvalue weighted by molar-refractivity contribution is -0.145. The quantitative estimate of drug-likeness (QED) is 0.331. The van der Waals surface area contributed by atoms with Crippen molar-refractivity contribution in [2.75, 3.05) is 18.5 Å². The average molecular weight is 560 g/mol. The van der Waals surface area contributed by atoms with Crippen molar-refractivity contribution in [2.45, 2.75) is 19.9 Å². The van der Waals surface area contributed by atoms with Crippen molar-refractivity contribution in [3.63, 3.8) is 0 Å². The lowest BCUT2D eigenvalue weighted by Gasteiger charge is -2.24. The van der Waals surface area contributed by atoms with Crippen LogP contribution in [0.5, 0.6) is 5.75 Å². The summed E-state index contributed by atoms with van der Waals surface area (Å²) < 4.78 is 12.4. The number of nitrogens with one attached hydrogen (secondary N) is 1. The standard InChI is InChI=1S/C29H25N3O5S2/c1-3-36-24(33)17-37-21-13-11-19(12-14-21)16-23-28(35)32-26(22-10-7-15-38-22)25(18(2)30-29(32)39-23)27(34)31-20-8-5-4-6-9-20/h4-16,26H,3,17H2,1-2H3,(H,31,34)/b23-16+. The van der Waals surface area contributed by atoms with E-state index in [1.165, 1.54) is 22.7 Å². The van der Waals surface area contributed by atoms with E-state index in [0.29, 0.717) is 38.6 Å². The number of nitrogens with zero attached hydrogens (tertiary/aromatic N) is 2. The highest BCUT2D eigenvalue weighted by atomic mass is 32.1. The van der Waals surface area contributed by atoms with Crippen LogP contribution in [0.25, 0.3) is 6.08 Å². The van der Waals surface area contributed by atoms with Crippen molar-refractivity contribution in [2.24, 2.45) is 4.99 Å². The molecule has 2 aromatic heterocycles. The van der Waals surface area contributed by atoms with Crippen LogP contribution in [0.3, 0.4) is 0 Å². The highest BCUT2D eigenvalue weighted by Gasteiger charge is 2.33. The molecule has 0 bridgehead atoms.